The standard InChI is InChI=1S/C11H20N2S/c1-4-6-11(12-3,7-5-2)10-13-8-9-14-10/h8-9,12H,4-7H2,1-3H3. The number of hydrogen-bond acceptors (Lipinski definition) is 3. The highest BCUT2D eigenvalue weighted by atomic mass is 32.1. The highest BCUT2D eigenvalue weighted by Gasteiger charge is 2.30. The quantitative estimate of drug-likeness (QED) is 0.783. The zero-order valence-electron chi connectivity index (χ0n) is 9.34. The van der Waals surface area contributed by atoms with E-state index in [0.717, 1.165) is 0 Å². The smallest absolute Gasteiger partial charge is 0.113 e. The molecule has 0 fully saturated rings. The zero-order chi connectivity index (χ0) is 10.4. The molecule has 0 saturated carbocycles. The van der Waals surface area contributed by atoms with Gasteiger partial charge in [0.1, 0.15) is 5.01 Å². The van der Waals surface area contributed by atoms with Gasteiger partial charge in [0.15, 0.2) is 0 Å². The van der Waals surface area contributed by atoms with Gasteiger partial charge in [-0.3, -0.25) is 0 Å². The van der Waals surface area contributed by atoms with E-state index in [1.165, 1.54) is 30.7 Å². The van der Waals surface area contributed by atoms with E-state index in [1.807, 2.05) is 13.2 Å². The molecule has 0 amide bonds. The molecule has 0 aliphatic carbocycles. The fourth-order valence-corrected chi connectivity index (χ4v) is 2.91. The van der Waals surface area contributed by atoms with Crippen LogP contribution in [0.15, 0.2) is 11.6 Å². The molecule has 1 aromatic heterocycles. The lowest BCUT2D eigenvalue weighted by Gasteiger charge is -2.31. The first kappa shape index (κ1) is 11.7. The van der Waals surface area contributed by atoms with Crippen molar-refractivity contribution in [3.8, 4) is 0 Å². The van der Waals surface area contributed by atoms with Crippen LogP contribution in [0.4, 0.5) is 0 Å². The fraction of sp³-hybridized carbons (Fsp3) is 0.727. The molecule has 3 heteroatoms. The lowest BCUT2D eigenvalue weighted by atomic mass is 9.89. The monoisotopic (exact) mass is 212 g/mol. The first-order valence-corrected chi connectivity index (χ1v) is 6.26. The molecule has 0 unspecified atom stereocenters. The molecule has 0 aromatic carbocycles. The number of thiazole rings is 1. The summed E-state index contributed by atoms with van der Waals surface area (Å²) in [5.74, 6) is 0. The average Bonchev–Trinajstić information content (AvgIpc) is 2.70. The van der Waals surface area contributed by atoms with E-state index >= 15 is 0 Å². The fourth-order valence-electron chi connectivity index (χ4n) is 2.01. The van der Waals surface area contributed by atoms with Crippen LogP contribution in [0.25, 0.3) is 0 Å². The van der Waals surface area contributed by atoms with Crippen LogP contribution in [-0.4, -0.2) is 12.0 Å². The van der Waals surface area contributed by atoms with Crippen LogP contribution in [0, 0.1) is 0 Å². The first-order chi connectivity index (χ1) is 6.79. The van der Waals surface area contributed by atoms with Crippen LogP contribution in [0.1, 0.15) is 44.5 Å². The molecule has 14 heavy (non-hydrogen) atoms. The van der Waals surface area contributed by atoms with Crippen LogP contribution >= 0.6 is 11.3 Å². The van der Waals surface area contributed by atoms with Crippen molar-refractivity contribution in [3.05, 3.63) is 16.6 Å². The minimum absolute atomic E-state index is 0.123. The van der Waals surface area contributed by atoms with Gasteiger partial charge < -0.3 is 5.32 Å². The summed E-state index contributed by atoms with van der Waals surface area (Å²) >= 11 is 1.76. The van der Waals surface area contributed by atoms with Gasteiger partial charge in [0.05, 0.1) is 5.54 Å². The highest BCUT2D eigenvalue weighted by Crippen LogP contribution is 2.32. The summed E-state index contributed by atoms with van der Waals surface area (Å²) in [7, 11) is 2.05. The Bertz CT molecular complexity index is 238. The molecule has 0 atom stereocenters. The number of hydrogen-bond donors (Lipinski definition) is 1. The molecule has 0 aliphatic heterocycles. The number of rotatable bonds is 6. The van der Waals surface area contributed by atoms with Gasteiger partial charge in [-0.1, -0.05) is 26.7 Å². The minimum atomic E-state index is 0.123. The Kier molecular flexibility index (Phi) is 4.55. The lowest BCUT2D eigenvalue weighted by Crippen LogP contribution is -2.39. The molecule has 0 spiro atoms. The van der Waals surface area contributed by atoms with Crippen molar-refractivity contribution in [2.24, 2.45) is 0 Å². The summed E-state index contributed by atoms with van der Waals surface area (Å²) in [6, 6.07) is 0. The van der Waals surface area contributed by atoms with Gasteiger partial charge in [-0.05, 0) is 19.9 Å². The van der Waals surface area contributed by atoms with Crippen molar-refractivity contribution >= 4 is 11.3 Å². The predicted molar refractivity (Wildman–Crippen MR) is 62.7 cm³/mol. The Morgan fingerprint density at radius 1 is 1.36 bits per heavy atom. The van der Waals surface area contributed by atoms with E-state index in [1.54, 1.807) is 11.3 Å². The molecule has 0 radical (unpaired) electrons. The maximum Gasteiger partial charge on any atom is 0.113 e. The molecule has 1 N–H and O–H groups in total. The van der Waals surface area contributed by atoms with Crippen molar-refractivity contribution in [1.82, 2.24) is 10.3 Å². The van der Waals surface area contributed by atoms with Crippen molar-refractivity contribution < 1.29 is 0 Å². The van der Waals surface area contributed by atoms with Crippen LogP contribution < -0.4 is 5.32 Å². The third-order valence-electron chi connectivity index (χ3n) is 2.67. The number of nitrogens with zero attached hydrogens (tertiary/aromatic N) is 1. The largest absolute Gasteiger partial charge is 0.308 e. The van der Waals surface area contributed by atoms with Gasteiger partial charge in [0.2, 0.25) is 0 Å². The minimum Gasteiger partial charge on any atom is -0.308 e. The molecular weight excluding hydrogens is 192 g/mol. The van der Waals surface area contributed by atoms with Crippen molar-refractivity contribution in [2.45, 2.75) is 45.1 Å². The maximum absolute atomic E-state index is 4.45. The molecule has 0 saturated heterocycles. The predicted octanol–water partition coefficient (Wildman–Crippen LogP) is 3.16. The van der Waals surface area contributed by atoms with Crippen LogP contribution in [0.2, 0.25) is 0 Å². The molecule has 2 nitrogen and oxygen atoms in total. The molecular formula is C11H20N2S. The summed E-state index contributed by atoms with van der Waals surface area (Å²) in [5, 5.41) is 6.77. The van der Waals surface area contributed by atoms with Gasteiger partial charge >= 0.3 is 0 Å². The van der Waals surface area contributed by atoms with Crippen molar-refractivity contribution in [1.29, 1.82) is 0 Å². The summed E-state index contributed by atoms with van der Waals surface area (Å²) in [4.78, 5) is 4.45. The van der Waals surface area contributed by atoms with E-state index in [2.05, 4.69) is 29.5 Å². The second-order valence-electron chi connectivity index (χ2n) is 3.67. The Labute approximate surface area is 90.8 Å². The second kappa shape index (κ2) is 5.47. The summed E-state index contributed by atoms with van der Waals surface area (Å²) in [6.45, 7) is 4.46. The Balaban J connectivity index is 2.88. The van der Waals surface area contributed by atoms with Crippen molar-refractivity contribution in [2.75, 3.05) is 7.05 Å². The Hall–Kier alpha value is -0.410. The summed E-state index contributed by atoms with van der Waals surface area (Å²) in [5.41, 5.74) is 0.123. The molecule has 0 bridgehead atoms. The topological polar surface area (TPSA) is 24.9 Å². The lowest BCUT2D eigenvalue weighted by molar-refractivity contribution is 0.301. The van der Waals surface area contributed by atoms with Gasteiger partial charge in [-0.15, -0.1) is 11.3 Å². The zero-order valence-corrected chi connectivity index (χ0v) is 10.2. The normalized spacial score (nSPS) is 11.9. The molecule has 1 aromatic rings. The first-order valence-electron chi connectivity index (χ1n) is 5.38. The Morgan fingerprint density at radius 2 is 2.00 bits per heavy atom. The van der Waals surface area contributed by atoms with E-state index in [0.29, 0.717) is 0 Å². The van der Waals surface area contributed by atoms with Gasteiger partial charge in [0.25, 0.3) is 0 Å². The Morgan fingerprint density at radius 3 is 2.36 bits per heavy atom. The van der Waals surface area contributed by atoms with Crippen LogP contribution in [-0.2, 0) is 5.54 Å². The van der Waals surface area contributed by atoms with Crippen LogP contribution in [0.3, 0.4) is 0 Å². The van der Waals surface area contributed by atoms with E-state index in [-0.39, 0.29) is 5.54 Å². The maximum atomic E-state index is 4.45. The third-order valence-corrected chi connectivity index (χ3v) is 3.65. The molecule has 1 heterocycles. The van der Waals surface area contributed by atoms with Gasteiger partial charge in [-0.2, -0.15) is 0 Å². The van der Waals surface area contributed by atoms with Gasteiger partial charge in [-0.25, -0.2) is 4.98 Å². The third kappa shape index (κ3) is 2.34. The summed E-state index contributed by atoms with van der Waals surface area (Å²) in [6.07, 6.45) is 6.63. The second-order valence-corrected chi connectivity index (χ2v) is 4.56. The summed E-state index contributed by atoms with van der Waals surface area (Å²) < 4.78 is 0. The van der Waals surface area contributed by atoms with E-state index in [9.17, 15) is 0 Å². The van der Waals surface area contributed by atoms with Crippen molar-refractivity contribution in [3.63, 3.8) is 0 Å². The van der Waals surface area contributed by atoms with E-state index < -0.39 is 0 Å². The number of aromatic nitrogens is 1. The average molecular weight is 212 g/mol. The molecule has 80 valence electrons. The SMILES string of the molecule is CCCC(CCC)(NC)c1nccs1. The molecule has 1 rings (SSSR count). The molecule has 0 aliphatic rings. The highest BCUT2D eigenvalue weighted by molar-refractivity contribution is 7.09. The van der Waals surface area contributed by atoms with E-state index in [4.69, 9.17) is 0 Å². The van der Waals surface area contributed by atoms with Crippen LogP contribution in [0.5, 0.6) is 0 Å². The van der Waals surface area contributed by atoms with Gasteiger partial charge in [0, 0.05) is 11.6 Å². The number of nitrogens with one attached hydrogen (secondary N) is 1.